The van der Waals surface area contributed by atoms with Crippen LogP contribution in [0.1, 0.15) is 23.2 Å². The van der Waals surface area contributed by atoms with Crippen molar-refractivity contribution in [1.82, 2.24) is 4.98 Å². The fraction of sp³-hybridized carbons (Fsp3) is 0.231. The Morgan fingerprint density at radius 2 is 2.33 bits per heavy atom. The summed E-state index contributed by atoms with van der Waals surface area (Å²) in [7, 11) is 0. The first-order valence-electron chi connectivity index (χ1n) is 5.49. The van der Waals surface area contributed by atoms with Gasteiger partial charge in [-0.25, -0.2) is 9.37 Å². The quantitative estimate of drug-likeness (QED) is 0.849. The second kappa shape index (κ2) is 5.61. The number of hydrogen-bond donors (Lipinski definition) is 0. The molecule has 1 heterocycles. The standard InChI is InChI=1S/C13H11FN2OS/c1-2-13-16-9(8-18-13)7-17-12-5-3-4-11(14)10(12)6-15/h3-5,8H,2,7H2,1H3. The van der Waals surface area contributed by atoms with E-state index in [2.05, 4.69) is 4.98 Å². The fourth-order valence-corrected chi connectivity index (χ4v) is 2.19. The molecule has 0 spiro atoms. The molecule has 0 aliphatic heterocycles. The first-order chi connectivity index (χ1) is 8.74. The van der Waals surface area contributed by atoms with E-state index in [-0.39, 0.29) is 17.9 Å². The number of hydrogen-bond acceptors (Lipinski definition) is 4. The van der Waals surface area contributed by atoms with Crippen molar-refractivity contribution >= 4 is 11.3 Å². The van der Waals surface area contributed by atoms with Crippen molar-refractivity contribution in [3.8, 4) is 11.8 Å². The first-order valence-corrected chi connectivity index (χ1v) is 6.37. The van der Waals surface area contributed by atoms with E-state index in [1.165, 1.54) is 12.1 Å². The van der Waals surface area contributed by atoms with Crippen molar-refractivity contribution in [3.05, 3.63) is 45.7 Å². The van der Waals surface area contributed by atoms with Crippen LogP contribution in [0, 0.1) is 17.1 Å². The van der Waals surface area contributed by atoms with Gasteiger partial charge in [0.05, 0.1) is 10.7 Å². The third kappa shape index (κ3) is 2.66. The smallest absolute Gasteiger partial charge is 0.144 e. The summed E-state index contributed by atoms with van der Waals surface area (Å²) in [6.45, 7) is 2.28. The Hall–Kier alpha value is -1.93. The van der Waals surface area contributed by atoms with Crippen molar-refractivity contribution in [1.29, 1.82) is 5.26 Å². The summed E-state index contributed by atoms with van der Waals surface area (Å²) >= 11 is 1.57. The molecule has 18 heavy (non-hydrogen) atoms. The Morgan fingerprint density at radius 3 is 3.00 bits per heavy atom. The zero-order valence-electron chi connectivity index (χ0n) is 9.81. The number of nitriles is 1. The van der Waals surface area contributed by atoms with Crippen LogP contribution in [0.2, 0.25) is 0 Å². The van der Waals surface area contributed by atoms with E-state index in [1.54, 1.807) is 23.5 Å². The summed E-state index contributed by atoms with van der Waals surface area (Å²) in [5.74, 6) is -0.314. The second-order valence-electron chi connectivity index (χ2n) is 3.60. The van der Waals surface area contributed by atoms with Gasteiger partial charge in [0.15, 0.2) is 0 Å². The van der Waals surface area contributed by atoms with Gasteiger partial charge in [0.25, 0.3) is 0 Å². The minimum Gasteiger partial charge on any atom is -0.486 e. The summed E-state index contributed by atoms with van der Waals surface area (Å²) in [5, 5.41) is 11.8. The SMILES string of the molecule is CCc1nc(COc2cccc(F)c2C#N)cs1. The number of aryl methyl sites for hydroxylation is 1. The van der Waals surface area contributed by atoms with Crippen LogP contribution in [0.4, 0.5) is 4.39 Å². The average molecular weight is 262 g/mol. The number of thiazole rings is 1. The number of benzene rings is 1. The zero-order valence-corrected chi connectivity index (χ0v) is 10.6. The Balaban J connectivity index is 2.11. The van der Waals surface area contributed by atoms with E-state index in [9.17, 15) is 4.39 Å². The molecule has 0 unspecified atom stereocenters. The topological polar surface area (TPSA) is 45.9 Å². The molecular formula is C13H11FN2OS. The van der Waals surface area contributed by atoms with Gasteiger partial charge >= 0.3 is 0 Å². The van der Waals surface area contributed by atoms with Gasteiger partial charge in [-0.3, -0.25) is 0 Å². The largest absolute Gasteiger partial charge is 0.486 e. The van der Waals surface area contributed by atoms with Gasteiger partial charge in [0.2, 0.25) is 0 Å². The number of rotatable bonds is 4. The minimum absolute atomic E-state index is 0.0663. The molecule has 0 saturated heterocycles. The van der Waals surface area contributed by atoms with Crippen LogP contribution in [0.5, 0.6) is 5.75 Å². The molecule has 0 bridgehead atoms. The highest BCUT2D eigenvalue weighted by Crippen LogP contribution is 2.21. The predicted molar refractivity (Wildman–Crippen MR) is 66.9 cm³/mol. The maximum Gasteiger partial charge on any atom is 0.144 e. The molecule has 2 aromatic rings. The summed E-state index contributed by atoms with van der Waals surface area (Å²) in [5.41, 5.74) is 0.730. The Labute approximate surface area is 108 Å². The minimum atomic E-state index is -0.567. The summed E-state index contributed by atoms with van der Waals surface area (Å²) in [6, 6.07) is 6.13. The van der Waals surface area contributed by atoms with Gasteiger partial charge in [-0.05, 0) is 18.6 Å². The van der Waals surface area contributed by atoms with Crippen LogP contribution < -0.4 is 4.74 Å². The predicted octanol–water partition coefficient (Wildman–Crippen LogP) is 3.30. The van der Waals surface area contributed by atoms with Crippen molar-refractivity contribution in [2.75, 3.05) is 0 Å². The van der Waals surface area contributed by atoms with Crippen molar-refractivity contribution in [2.45, 2.75) is 20.0 Å². The molecular weight excluding hydrogens is 251 g/mol. The van der Waals surface area contributed by atoms with Gasteiger partial charge in [-0.15, -0.1) is 11.3 Å². The molecule has 0 N–H and O–H groups in total. The van der Waals surface area contributed by atoms with E-state index >= 15 is 0 Å². The van der Waals surface area contributed by atoms with Crippen LogP contribution in [0.3, 0.4) is 0 Å². The van der Waals surface area contributed by atoms with E-state index in [0.717, 1.165) is 17.1 Å². The molecule has 1 aromatic carbocycles. The number of nitrogens with zero attached hydrogens (tertiary/aromatic N) is 2. The maximum absolute atomic E-state index is 13.3. The van der Waals surface area contributed by atoms with Gasteiger partial charge in [0.1, 0.15) is 29.8 Å². The molecule has 0 aliphatic carbocycles. The van der Waals surface area contributed by atoms with E-state index in [4.69, 9.17) is 10.00 Å². The van der Waals surface area contributed by atoms with Gasteiger partial charge in [-0.1, -0.05) is 13.0 Å². The zero-order chi connectivity index (χ0) is 13.0. The lowest BCUT2D eigenvalue weighted by Gasteiger charge is -2.06. The molecule has 1 aromatic heterocycles. The van der Waals surface area contributed by atoms with Crippen molar-refractivity contribution < 1.29 is 9.13 Å². The Kier molecular flexibility index (Phi) is 3.90. The average Bonchev–Trinajstić information content (AvgIpc) is 2.84. The van der Waals surface area contributed by atoms with Crippen molar-refractivity contribution in [3.63, 3.8) is 0 Å². The summed E-state index contributed by atoms with van der Waals surface area (Å²) < 4.78 is 18.8. The number of halogens is 1. The third-order valence-corrected chi connectivity index (χ3v) is 3.41. The normalized spacial score (nSPS) is 10.1. The molecule has 0 aliphatic rings. The van der Waals surface area contributed by atoms with Gasteiger partial charge in [-0.2, -0.15) is 5.26 Å². The molecule has 5 heteroatoms. The maximum atomic E-state index is 13.3. The van der Waals surface area contributed by atoms with Crippen LogP contribution >= 0.6 is 11.3 Å². The highest BCUT2D eigenvalue weighted by molar-refractivity contribution is 7.09. The lowest BCUT2D eigenvalue weighted by Crippen LogP contribution is -1.99. The molecule has 0 saturated carbocycles. The van der Waals surface area contributed by atoms with E-state index < -0.39 is 5.82 Å². The van der Waals surface area contributed by atoms with E-state index in [1.807, 2.05) is 12.3 Å². The van der Waals surface area contributed by atoms with Crippen LogP contribution in [-0.4, -0.2) is 4.98 Å². The third-order valence-electron chi connectivity index (χ3n) is 2.36. The highest BCUT2D eigenvalue weighted by atomic mass is 32.1. The summed E-state index contributed by atoms with van der Waals surface area (Å²) in [6.07, 6.45) is 0.883. The lowest BCUT2D eigenvalue weighted by atomic mass is 10.2. The fourth-order valence-electron chi connectivity index (χ4n) is 1.46. The Morgan fingerprint density at radius 1 is 1.50 bits per heavy atom. The van der Waals surface area contributed by atoms with Crippen molar-refractivity contribution in [2.24, 2.45) is 0 Å². The molecule has 0 atom stereocenters. The van der Waals surface area contributed by atoms with Crippen LogP contribution in [-0.2, 0) is 13.0 Å². The lowest BCUT2D eigenvalue weighted by molar-refractivity contribution is 0.299. The molecule has 0 fully saturated rings. The molecule has 0 amide bonds. The van der Waals surface area contributed by atoms with Crippen LogP contribution in [0.25, 0.3) is 0 Å². The van der Waals surface area contributed by atoms with E-state index in [0.29, 0.717) is 0 Å². The van der Waals surface area contributed by atoms with Gasteiger partial charge in [0, 0.05) is 5.38 Å². The highest BCUT2D eigenvalue weighted by Gasteiger charge is 2.09. The molecule has 92 valence electrons. The van der Waals surface area contributed by atoms with Crippen LogP contribution in [0.15, 0.2) is 23.6 Å². The molecule has 3 nitrogen and oxygen atoms in total. The molecule has 2 rings (SSSR count). The number of aromatic nitrogens is 1. The number of ether oxygens (including phenoxy) is 1. The monoisotopic (exact) mass is 262 g/mol. The summed E-state index contributed by atoms with van der Waals surface area (Å²) in [4.78, 5) is 4.34. The Bertz CT molecular complexity index is 589. The first kappa shape index (κ1) is 12.5. The molecule has 0 radical (unpaired) electrons. The second-order valence-corrected chi connectivity index (χ2v) is 4.54. The van der Waals surface area contributed by atoms with Gasteiger partial charge < -0.3 is 4.74 Å².